The van der Waals surface area contributed by atoms with Gasteiger partial charge >= 0.3 is 0 Å². The number of aliphatic hydroxyl groups excluding tert-OH is 1. The highest BCUT2D eigenvalue weighted by atomic mass is 32.1. The third kappa shape index (κ3) is 2.44. The van der Waals surface area contributed by atoms with Gasteiger partial charge in [-0.05, 0) is 37.3 Å². The minimum atomic E-state index is 0.211. The molecule has 2 aromatic rings. The second kappa shape index (κ2) is 5.29. The Kier molecular flexibility index (Phi) is 3.97. The molecule has 1 unspecified atom stereocenters. The van der Waals surface area contributed by atoms with Crippen LogP contribution in [0.15, 0.2) is 11.4 Å². The quantitative estimate of drug-likeness (QED) is 0.909. The first-order valence-corrected chi connectivity index (χ1v) is 7.49. The molecule has 0 aliphatic heterocycles. The molecule has 0 spiro atoms. The van der Waals surface area contributed by atoms with Crippen molar-refractivity contribution >= 4 is 22.7 Å². The Morgan fingerprint density at radius 3 is 2.71 bits per heavy atom. The predicted octanol–water partition coefficient (Wildman–Crippen LogP) is 3.97. The molecule has 1 atom stereocenters. The van der Waals surface area contributed by atoms with Crippen molar-refractivity contribution in [2.45, 2.75) is 33.1 Å². The van der Waals surface area contributed by atoms with Gasteiger partial charge in [0, 0.05) is 10.8 Å². The minimum absolute atomic E-state index is 0.211. The fourth-order valence-corrected chi connectivity index (χ4v) is 4.20. The molecule has 17 heavy (non-hydrogen) atoms. The largest absolute Gasteiger partial charge is 0.396 e. The number of aryl methyl sites for hydroxylation is 2. The van der Waals surface area contributed by atoms with Gasteiger partial charge in [-0.2, -0.15) is 0 Å². The van der Waals surface area contributed by atoms with Crippen LogP contribution >= 0.6 is 22.7 Å². The Morgan fingerprint density at radius 1 is 1.41 bits per heavy atom. The lowest BCUT2D eigenvalue weighted by Gasteiger charge is -2.08. The third-order valence-corrected chi connectivity index (χ3v) is 5.46. The van der Waals surface area contributed by atoms with E-state index in [2.05, 4.69) is 30.3 Å². The zero-order valence-corrected chi connectivity index (χ0v) is 12.0. The summed E-state index contributed by atoms with van der Waals surface area (Å²) in [7, 11) is 0. The molecule has 2 nitrogen and oxygen atoms in total. The Hall–Kier alpha value is -0.710. The monoisotopic (exact) mass is 267 g/mol. The van der Waals surface area contributed by atoms with Gasteiger partial charge in [0.2, 0.25) is 0 Å². The number of aliphatic hydroxyl groups is 1. The number of thiazole rings is 1. The van der Waals surface area contributed by atoms with E-state index in [9.17, 15) is 5.11 Å². The Bertz CT molecular complexity index is 497. The first-order chi connectivity index (χ1) is 8.17. The molecule has 4 heteroatoms. The topological polar surface area (TPSA) is 33.1 Å². The number of aromatic nitrogens is 1. The van der Waals surface area contributed by atoms with Gasteiger partial charge in [-0.25, -0.2) is 4.98 Å². The van der Waals surface area contributed by atoms with E-state index >= 15 is 0 Å². The summed E-state index contributed by atoms with van der Waals surface area (Å²) >= 11 is 3.46. The molecule has 0 aliphatic carbocycles. The summed E-state index contributed by atoms with van der Waals surface area (Å²) < 4.78 is 0. The molecule has 0 radical (unpaired) electrons. The van der Waals surface area contributed by atoms with Crippen molar-refractivity contribution in [1.29, 1.82) is 0 Å². The lowest BCUT2D eigenvalue weighted by Crippen LogP contribution is -2.01. The number of rotatable bonds is 4. The van der Waals surface area contributed by atoms with Crippen molar-refractivity contribution in [3.05, 3.63) is 27.6 Å². The summed E-state index contributed by atoms with van der Waals surface area (Å²) in [5.41, 5.74) is 2.35. The zero-order valence-electron chi connectivity index (χ0n) is 10.4. The van der Waals surface area contributed by atoms with Gasteiger partial charge in [0.15, 0.2) is 0 Å². The molecule has 0 aromatic carbocycles. The summed E-state index contributed by atoms with van der Waals surface area (Å²) in [6, 6.07) is 2.12. The van der Waals surface area contributed by atoms with E-state index in [-0.39, 0.29) is 12.5 Å². The van der Waals surface area contributed by atoms with Crippen LogP contribution in [0, 0.1) is 13.8 Å². The molecule has 2 heterocycles. The zero-order chi connectivity index (χ0) is 12.4. The summed E-state index contributed by atoms with van der Waals surface area (Å²) in [5, 5.41) is 12.6. The molecular formula is C13H17NOS2. The highest BCUT2D eigenvalue weighted by molar-refractivity contribution is 7.21. The van der Waals surface area contributed by atoms with Gasteiger partial charge in [0.05, 0.1) is 17.2 Å². The first kappa shape index (κ1) is 12.7. The Labute approximate surface area is 110 Å². The highest BCUT2D eigenvalue weighted by Gasteiger charge is 2.18. The number of hydrogen-bond acceptors (Lipinski definition) is 4. The van der Waals surface area contributed by atoms with Crippen molar-refractivity contribution in [2.75, 3.05) is 6.61 Å². The fourth-order valence-electron chi connectivity index (χ4n) is 1.87. The van der Waals surface area contributed by atoms with Crippen LogP contribution in [-0.2, 0) is 0 Å². The lowest BCUT2D eigenvalue weighted by atomic mass is 10.1. The highest BCUT2D eigenvalue weighted by Crippen LogP contribution is 2.37. The Morgan fingerprint density at radius 2 is 2.18 bits per heavy atom. The number of hydrogen-bond donors (Lipinski definition) is 1. The maximum Gasteiger partial charge on any atom is 0.134 e. The molecule has 1 N–H and O–H groups in total. The van der Waals surface area contributed by atoms with Crippen molar-refractivity contribution in [2.24, 2.45) is 0 Å². The minimum Gasteiger partial charge on any atom is -0.396 e. The summed E-state index contributed by atoms with van der Waals surface area (Å²) in [6.45, 7) is 6.47. The molecule has 0 fully saturated rings. The van der Waals surface area contributed by atoms with Crippen molar-refractivity contribution in [3.63, 3.8) is 0 Å². The number of nitrogens with zero attached hydrogens (tertiary/aromatic N) is 1. The summed E-state index contributed by atoms with van der Waals surface area (Å²) in [5.74, 6) is 0.238. The van der Waals surface area contributed by atoms with Crippen LogP contribution in [0.4, 0.5) is 0 Å². The maximum atomic E-state index is 9.38. The number of thiophene rings is 1. The van der Waals surface area contributed by atoms with E-state index in [1.54, 1.807) is 22.7 Å². The molecule has 92 valence electrons. The van der Waals surface area contributed by atoms with Crippen LogP contribution in [0.5, 0.6) is 0 Å². The Balaban J connectivity index is 2.40. The van der Waals surface area contributed by atoms with E-state index in [1.807, 2.05) is 6.92 Å². The average Bonchev–Trinajstić information content (AvgIpc) is 2.88. The molecule has 0 saturated carbocycles. The van der Waals surface area contributed by atoms with Crippen molar-refractivity contribution in [3.8, 4) is 9.88 Å². The molecule has 0 aliphatic rings. The van der Waals surface area contributed by atoms with Crippen LogP contribution in [0.3, 0.4) is 0 Å². The van der Waals surface area contributed by atoms with E-state index < -0.39 is 0 Å². The van der Waals surface area contributed by atoms with Crippen LogP contribution in [0.1, 0.15) is 35.4 Å². The van der Waals surface area contributed by atoms with Crippen LogP contribution in [0.25, 0.3) is 9.88 Å². The van der Waals surface area contributed by atoms with Gasteiger partial charge < -0.3 is 5.11 Å². The second-order valence-corrected chi connectivity index (χ2v) is 6.14. The summed E-state index contributed by atoms with van der Waals surface area (Å²) in [6.07, 6.45) is 0.961. The van der Waals surface area contributed by atoms with Crippen molar-refractivity contribution in [1.82, 2.24) is 4.98 Å². The van der Waals surface area contributed by atoms with Crippen LogP contribution < -0.4 is 0 Å². The van der Waals surface area contributed by atoms with E-state index in [0.717, 1.165) is 17.1 Å². The van der Waals surface area contributed by atoms with E-state index in [0.29, 0.717) is 0 Å². The van der Waals surface area contributed by atoms with Crippen LogP contribution in [0.2, 0.25) is 0 Å². The van der Waals surface area contributed by atoms with E-state index in [4.69, 9.17) is 0 Å². The van der Waals surface area contributed by atoms with Gasteiger partial charge in [-0.1, -0.05) is 6.92 Å². The second-order valence-electron chi connectivity index (χ2n) is 4.19. The van der Waals surface area contributed by atoms with Gasteiger partial charge in [-0.3, -0.25) is 0 Å². The predicted molar refractivity (Wildman–Crippen MR) is 75.0 cm³/mol. The average molecular weight is 267 g/mol. The van der Waals surface area contributed by atoms with Crippen LogP contribution in [-0.4, -0.2) is 16.7 Å². The molecule has 2 rings (SSSR count). The molecule has 0 amide bonds. The molecular weight excluding hydrogens is 250 g/mol. The SMILES string of the molecule is CCC(CO)c1sc(-c2sccc2C)nc1C. The maximum absolute atomic E-state index is 9.38. The first-order valence-electron chi connectivity index (χ1n) is 5.80. The summed E-state index contributed by atoms with van der Waals surface area (Å²) in [4.78, 5) is 7.14. The molecule has 0 saturated heterocycles. The fraction of sp³-hybridized carbons (Fsp3) is 0.462. The normalized spacial score (nSPS) is 12.9. The van der Waals surface area contributed by atoms with Gasteiger partial charge in [-0.15, -0.1) is 22.7 Å². The van der Waals surface area contributed by atoms with Crippen molar-refractivity contribution < 1.29 is 5.11 Å². The van der Waals surface area contributed by atoms with E-state index in [1.165, 1.54) is 15.3 Å². The van der Waals surface area contributed by atoms with Gasteiger partial charge in [0.25, 0.3) is 0 Å². The van der Waals surface area contributed by atoms with Gasteiger partial charge in [0.1, 0.15) is 5.01 Å². The molecule has 0 bridgehead atoms. The molecule has 2 aromatic heterocycles. The lowest BCUT2D eigenvalue weighted by molar-refractivity contribution is 0.263. The third-order valence-electron chi connectivity index (χ3n) is 2.97. The smallest absolute Gasteiger partial charge is 0.134 e. The standard InChI is InChI=1S/C13H17NOS2/c1-4-10(7-15)12-9(3)14-13(17-12)11-8(2)5-6-16-11/h5-6,10,15H,4,7H2,1-3H3.